The molecule has 0 fully saturated rings. The highest BCUT2D eigenvalue weighted by Crippen LogP contribution is 2.09. The number of hydrogen-bond donors (Lipinski definition) is 3. The molecule has 0 unspecified atom stereocenters. The van der Waals surface area contributed by atoms with Gasteiger partial charge in [0.1, 0.15) is 6.54 Å². The molecular weight excluding hydrogens is 282 g/mol. The van der Waals surface area contributed by atoms with E-state index in [1.807, 2.05) is 41.7 Å². The smallest absolute Gasteiger partial charge is 0.321 e. The van der Waals surface area contributed by atoms with Crippen LogP contribution in [0.4, 0.5) is 4.79 Å². The summed E-state index contributed by atoms with van der Waals surface area (Å²) in [5.74, 6) is 0.412. The van der Waals surface area contributed by atoms with Crippen LogP contribution in [0.15, 0.2) is 53.1 Å². The summed E-state index contributed by atoms with van der Waals surface area (Å²) in [5.41, 5.74) is 0.829. The van der Waals surface area contributed by atoms with Crippen LogP contribution in [0.5, 0.6) is 0 Å². The number of benzene rings is 1. The van der Waals surface area contributed by atoms with Crippen LogP contribution in [0.3, 0.4) is 0 Å². The van der Waals surface area contributed by atoms with Gasteiger partial charge in [0.05, 0.1) is 6.26 Å². The Hall–Kier alpha value is -2.60. The molecule has 0 aliphatic heterocycles. The minimum Gasteiger partial charge on any atom is -0.463 e. The predicted octanol–water partition coefficient (Wildman–Crippen LogP) is 0.930. The van der Waals surface area contributed by atoms with Crippen molar-refractivity contribution < 1.29 is 19.3 Å². The second-order valence-electron chi connectivity index (χ2n) is 4.76. The standard InChI is InChI=1S/C16H19N3O3/c1-2-17-16(21)19-15(20)14(12-7-4-3-5-8-12)18-11-13-9-6-10-22-13/h3-10,14,18H,2,11H2,1H3,(H2,17,19,20,21)/p+1/t14-/m1/s1. The highest BCUT2D eigenvalue weighted by molar-refractivity contribution is 5.96. The number of furan rings is 1. The molecule has 6 heteroatoms. The SMILES string of the molecule is CCNC(=O)NC(=O)[C@H]([NH2+]Cc1ccco1)c1ccccc1. The van der Waals surface area contributed by atoms with E-state index in [0.717, 1.165) is 11.3 Å². The molecular formula is C16H20N3O3+. The zero-order valence-corrected chi connectivity index (χ0v) is 12.4. The number of nitrogens with two attached hydrogens (primary N) is 1. The van der Waals surface area contributed by atoms with E-state index in [-0.39, 0.29) is 5.91 Å². The number of rotatable bonds is 6. The number of imide groups is 1. The second kappa shape index (κ2) is 7.99. The second-order valence-corrected chi connectivity index (χ2v) is 4.76. The van der Waals surface area contributed by atoms with E-state index < -0.39 is 12.1 Å². The van der Waals surface area contributed by atoms with Gasteiger partial charge in [-0.3, -0.25) is 10.1 Å². The fraction of sp³-hybridized carbons (Fsp3) is 0.250. The van der Waals surface area contributed by atoms with Gasteiger partial charge in [0.15, 0.2) is 11.8 Å². The molecule has 2 rings (SSSR count). The van der Waals surface area contributed by atoms with Gasteiger partial charge in [-0.1, -0.05) is 30.3 Å². The van der Waals surface area contributed by atoms with Crippen LogP contribution in [0.25, 0.3) is 0 Å². The summed E-state index contributed by atoms with van der Waals surface area (Å²) >= 11 is 0. The third-order valence-electron chi connectivity index (χ3n) is 3.15. The molecule has 1 aromatic carbocycles. The number of hydrogen-bond acceptors (Lipinski definition) is 3. The van der Waals surface area contributed by atoms with E-state index in [0.29, 0.717) is 13.1 Å². The Labute approximate surface area is 128 Å². The monoisotopic (exact) mass is 302 g/mol. The van der Waals surface area contributed by atoms with Gasteiger partial charge in [0.2, 0.25) is 0 Å². The zero-order valence-electron chi connectivity index (χ0n) is 12.4. The maximum absolute atomic E-state index is 12.4. The first kappa shape index (κ1) is 15.8. The molecule has 0 aliphatic carbocycles. The maximum atomic E-state index is 12.4. The van der Waals surface area contributed by atoms with Crippen LogP contribution in [-0.2, 0) is 11.3 Å². The van der Waals surface area contributed by atoms with Crippen molar-refractivity contribution in [3.05, 3.63) is 60.1 Å². The lowest BCUT2D eigenvalue weighted by Crippen LogP contribution is -2.86. The van der Waals surface area contributed by atoms with Crippen molar-refractivity contribution >= 4 is 11.9 Å². The Morgan fingerprint density at radius 3 is 2.59 bits per heavy atom. The molecule has 22 heavy (non-hydrogen) atoms. The quantitative estimate of drug-likeness (QED) is 0.742. The molecule has 0 bridgehead atoms. The number of nitrogens with one attached hydrogen (secondary N) is 2. The maximum Gasteiger partial charge on any atom is 0.321 e. The molecule has 0 saturated heterocycles. The van der Waals surface area contributed by atoms with Crippen molar-refractivity contribution in [2.45, 2.75) is 19.5 Å². The van der Waals surface area contributed by atoms with Crippen molar-refractivity contribution in [2.24, 2.45) is 0 Å². The molecule has 1 aromatic heterocycles. The number of carbonyl (C=O) groups is 2. The van der Waals surface area contributed by atoms with Crippen molar-refractivity contribution in [3.63, 3.8) is 0 Å². The van der Waals surface area contributed by atoms with Gasteiger partial charge in [0, 0.05) is 12.1 Å². The average Bonchev–Trinajstić information content (AvgIpc) is 3.02. The lowest BCUT2D eigenvalue weighted by molar-refractivity contribution is -0.699. The molecule has 0 saturated carbocycles. The highest BCUT2D eigenvalue weighted by atomic mass is 16.3. The Bertz CT molecular complexity index is 596. The Kier molecular flexibility index (Phi) is 5.73. The molecule has 116 valence electrons. The molecule has 3 amide bonds. The van der Waals surface area contributed by atoms with Crippen LogP contribution in [0.2, 0.25) is 0 Å². The lowest BCUT2D eigenvalue weighted by atomic mass is 10.1. The normalized spacial score (nSPS) is 11.7. The van der Waals surface area contributed by atoms with E-state index in [4.69, 9.17) is 4.42 Å². The number of carbonyl (C=O) groups excluding carboxylic acids is 2. The molecule has 0 aliphatic rings. The summed E-state index contributed by atoms with van der Waals surface area (Å²) in [4.78, 5) is 23.9. The fourth-order valence-electron chi connectivity index (χ4n) is 2.11. The van der Waals surface area contributed by atoms with Crippen LogP contribution >= 0.6 is 0 Å². The first-order valence-electron chi connectivity index (χ1n) is 7.20. The van der Waals surface area contributed by atoms with Crippen LogP contribution in [0, 0.1) is 0 Å². The number of quaternary nitrogens is 1. The molecule has 2 aromatic rings. The predicted molar refractivity (Wildman–Crippen MR) is 80.7 cm³/mol. The summed E-state index contributed by atoms with van der Waals surface area (Å²) in [7, 11) is 0. The molecule has 1 atom stereocenters. The Morgan fingerprint density at radius 2 is 1.95 bits per heavy atom. The van der Waals surface area contributed by atoms with Gasteiger partial charge in [-0.25, -0.2) is 4.79 Å². The topological polar surface area (TPSA) is 88.0 Å². The Morgan fingerprint density at radius 1 is 1.18 bits per heavy atom. The Balaban J connectivity index is 2.07. The van der Waals surface area contributed by atoms with Crippen LogP contribution in [-0.4, -0.2) is 18.5 Å². The van der Waals surface area contributed by atoms with Gasteiger partial charge in [0.25, 0.3) is 5.91 Å². The minimum absolute atomic E-state index is 0.358. The van der Waals surface area contributed by atoms with Crippen LogP contribution in [0.1, 0.15) is 24.3 Å². The van der Waals surface area contributed by atoms with Gasteiger partial charge in [-0.2, -0.15) is 0 Å². The van der Waals surface area contributed by atoms with Gasteiger partial charge in [-0.15, -0.1) is 0 Å². The molecule has 1 heterocycles. The van der Waals surface area contributed by atoms with E-state index in [1.165, 1.54) is 0 Å². The van der Waals surface area contributed by atoms with Crippen LogP contribution < -0.4 is 16.0 Å². The average molecular weight is 302 g/mol. The van der Waals surface area contributed by atoms with Gasteiger partial charge in [-0.05, 0) is 19.1 Å². The number of urea groups is 1. The number of amides is 3. The third-order valence-corrected chi connectivity index (χ3v) is 3.15. The van der Waals surface area contributed by atoms with Gasteiger partial charge >= 0.3 is 6.03 Å². The highest BCUT2D eigenvalue weighted by Gasteiger charge is 2.25. The van der Waals surface area contributed by atoms with Gasteiger partial charge < -0.3 is 15.1 Å². The van der Waals surface area contributed by atoms with E-state index in [2.05, 4.69) is 10.6 Å². The van der Waals surface area contributed by atoms with E-state index in [1.54, 1.807) is 19.3 Å². The fourth-order valence-corrected chi connectivity index (χ4v) is 2.11. The molecule has 0 spiro atoms. The first-order chi connectivity index (χ1) is 10.7. The summed E-state index contributed by atoms with van der Waals surface area (Å²) in [6, 6.07) is 12.0. The van der Waals surface area contributed by atoms with Crippen molar-refractivity contribution in [1.29, 1.82) is 0 Å². The summed E-state index contributed by atoms with van der Waals surface area (Å²) < 4.78 is 5.28. The lowest BCUT2D eigenvalue weighted by Gasteiger charge is -2.15. The largest absolute Gasteiger partial charge is 0.463 e. The van der Waals surface area contributed by atoms with Crippen molar-refractivity contribution in [2.75, 3.05) is 6.54 Å². The molecule has 4 N–H and O–H groups in total. The summed E-state index contributed by atoms with van der Waals surface area (Å²) in [5, 5.41) is 6.74. The zero-order chi connectivity index (χ0) is 15.8. The molecule has 0 radical (unpaired) electrons. The van der Waals surface area contributed by atoms with Crippen molar-refractivity contribution in [3.8, 4) is 0 Å². The third kappa shape index (κ3) is 4.46. The summed E-state index contributed by atoms with van der Waals surface area (Å²) in [6.45, 7) is 2.77. The van der Waals surface area contributed by atoms with E-state index in [9.17, 15) is 9.59 Å². The molecule has 6 nitrogen and oxygen atoms in total. The summed E-state index contributed by atoms with van der Waals surface area (Å²) in [6.07, 6.45) is 1.59. The first-order valence-corrected chi connectivity index (χ1v) is 7.20. The minimum atomic E-state index is -0.520. The van der Waals surface area contributed by atoms with Crippen molar-refractivity contribution in [1.82, 2.24) is 10.6 Å². The van der Waals surface area contributed by atoms with E-state index >= 15 is 0 Å².